The van der Waals surface area contributed by atoms with Gasteiger partial charge in [0, 0.05) is 10.0 Å². The Labute approximate surface area is 158 Å². The summed E-state index contributed by atoms with van der Waals surface area (Å²) >= 11 is 12.1. The van der Waals surface area contributed by atoms with Crippen LogP contribution in [-0.4, -0.2) is 30.6 Å². The van der Waals surface area contributed by atoms with Gasteiger partial charge in [-0.15, -0.1) is 0 Å². The number of benzene rings is 2. The molecular weight excluding hydrogens is 357 g/mol. The predicted molar refractivity (Wildman–Crippen MR) is 101 cm³/mol. The van der Waals surface area contributed by atoms with E-state index in [0.717, 1.165) is 36.9 Å². The number of piperidine rings is 1. The van der Waals surface area contributed by atoms with Crippen molar-refractivity contribution in [2.45, 2.75) is 31.3 Å². The normalized spacial score (nSPS) is 18.3. The lowest BCUT2D eigenvalue weighted by molar-refractivity contribution is -0.149. The van der Waals surface area contributed by atoms with Crippen LogP contribution in [0.4, 0.5) is 0 Å². The van der Waals surface area contributed by atoms with Gasteiger partial charge in [-0.05, 0) is 54.8 Å². The molecule has 0 aromatic heterocycles. The van der Waals surface area contributed by atoms with Gasteiger partial charge in [-0.25, -0.2) is 0 Å². The molecule has 1 atom stereocenters. The molecule has 3 rings (SSSR count). The predicted octanol–water partition coefficient (Wildman–Crippen LogP) is 5.11. The smallest absolute Gasteiger partial charge is 0.323 e. The van der Waals surface area contributed by atoms with Gasteiger partial charge in [0.1, 0.15) is 6.04 Å². The van der Waals surface area contributed by atoms with E-state index < -0.39 is 0 Å². The van der Waals surface area contributed by atoms with Crippen molar-refractivity contribution < 1.29 is 9.53 Å². The molecule has 3 nitrogen and oxygen atoms in total. The highest BCUT2D eigenvalue weighted by molar-refractivity contribution is 6.30. The van der Waals surface area contributed by atoms with Crippen LogP contribution in [0.15, 0.2) is 48.5 Å². The van der Waals surface area contributed by atoms with Gasteiger partial charge in [0.25, 0.3) is 0 Å². The molecule has 5 heteroatoms. The maximum Gasteiger partial charge on any atom is 0.323 e. The van der Waals surface area contributed by atoms with Gasteiger partial charge in [-0.3, -0.25) is 9.69 Å². The Bertz CT molecular complexity index is 670. The first-order valence-corrected chi connectivity index (χ1v) is 9.20. The first-order chi connectivity index (χ1) is 12.1. The number of carbonyl (C=O) groups excluding carboxylic acids is 1. The Morgan fingerprint density at radius 1 is 1.00 bits per heavy atom. The van der Waals surface area contributed by atoms with Gasteiger partial charge in [-0.2, -0.15) is 0 Å². The van der Waals surface area contributed by atoms with Gasteiger partial charge in [0.15, 0.2) is 0 Å². The molecule has 1 saturated heterocycles. The molecule has 25 heavy (non-hydrogen) atoms. The van der Waals surface area contributed by atoms with E-state index in [1.54, 1.807) is 0 Å². The van der Waals surface area contributed by atoms with Crippen LogP contribution in [0.2, 0.25) is 10.0 Å². The zero-order chi connectivity index (χ0) is 17.8. The number of carbonyl (C=O) groups is 1. The van der Waals surface area contributed by atoms with Crippen LogP contribution in [0.1, 0.15) is 36.4 Å². The van der Waals surface area contributed by atoms with Crippen LogP contribution in [0.25, 0.3) is 0 Å². The van der Waals surface area contributed by atoms with Gasteiger partial charge in [0.05, 0.1) is 13.2 Å². The number of likely N-dealkylation sites (tertiary alicyclic amines) is 1. The monoisotopic (exact) mass is 377 g/mol. The van der Waals surface area contributed by atoms with Crippen LogP contribution < -0.4 is 0 Å². The maximum atomic E-state index is 12.3. The molecule has 1 aliphatic heterocycles. The molecule has 0 N–H and O–H groups in total. The lowest BCUT2D eigenvalue weighted by Gasteiger charge is -2.40. The number of halogens is 2. The second-order valence-corrected chi connectivity index (χ2v) is 7.15. The van der Waals surface area contributed by atoms with Gasteiger partial charge in [-0.1, -0.05) is 53.9 Å². The molecular formula is C20H21Cl2NO2. The molecule has 0 radical (unpaired) electrons. The first-order valence-electron chi connectivity index (χ1n) is 8.44. The fraction of sp³-hybridized carbons (Fsp3) is 0.350. The van der Waals surface area contributed by atoms with E-state index in [-0.39, 0.29) is 18.1 Å². The first kappa shape index (κ1) is 18.2. The van der Waals surface area contributed by atoms with E-state index in [0.29, 0.717) is 10.0 Å². The Morgan fingerprint density at radius 3 is 2.00 bits per heavy atom. The summed E-state index contributed by atoms with van der Waals surface area (Å²) in [6, 6.07) is 15.3. The SMILES string of the molecule is COC(=O)C1CCCCN1C(c1ccc(Cl)cc1)c1ccc(Cl)cc1. The van der Waals surface area contributed by atoms with Gasteiger partial charge >= 0.3 is 5.97 Å². The summed E-state index contributed by atoms with van der Waals surface area (Å²) in [6.45, 7) is 0.843. The summed E-state index contributed by atoms with van der Waals surface area (Å²) in [7, 11) is 1.45. The van der Waals surface area contributed by atoms with Crippen molar-refractivity contribution >= 4 is 29.2 Å². The lowest BCUT2D eigenvalue weighted by atomic mass is 9.92. The van der Waals surface area contributed by atoms with Crippen molar-refractivity contribution in [1.29, 1.82) is 0 Å². The molecule has 2 aromatic carbocycles. The Kier molecular flexibility index (Phi) is 6.00. The maximum absolute atomic E-state index is 12.3. The second-order valence-electron chi connectivity index (χ2n) is 6.28. The third kappa shape index (κ3) is 4.17. The molecule has 0 spiro atoms. The average Bonchev–Trinajstić information content (AvgIpc) is 2.65. The van der Waals surface area contributed by atoms with E-state index in [2.05, 4.69) is 4.90 Å². The number of ether oxygens (including phenoxy) is 1. The van der Waals surface area contributed by atoms with E-state index in [1.165, 1.54) is 7.11 Å². The summed E-state index contributed by atoms with van der Waals surface area (Å²) in [5.41, 5.74) is 2.20. The van der Waals surface area contributed by atoms with Gasteiger partial charge < -0.3 is 4.74 Å². The summed E-state index contributed by atoms with van der Waals surface area (Å²) < 4.78 is 5.06. The molecule has 0 aliphatic carbocycles. The molecule has 1 heterocycles. The number of methoxy groups -OCH3 is 1. The highest BCUT2D eigenvalue weighted by atomic mass is 35.5. The van der Waals surface area contributed by atoms with Crippen molar-refractivity contribution in [3.63, 3.8) is 0 Å². The minimum absolute atomic E-state index is 0.0427. The van der Waals surface area contributed by atoms with Crippen molar-refractivity contribution in [2.75, 3.05) is 13.7 Å². The lowest BCUT2D eigenvalue weighted by Crippen LogP contribution is -2.47. The van der Waals surface area contributed by atoms with E-state index >= 15 is 0 Å². The molecule has 1 fully saturated rings. The average molecular weight is 378 g/mol. The highest BCUT2D eigenvalue weighted by Crippen LogP contribution is 2.35. The minimum Gasteiger partial charge on any atom is -0.468 e. The third-order valence-electron chi connectivity index (χ3n) is 4.72. The van der Waals surface area contributed by atoms with E-state index in [4.69, 9.17) is 27.9 Å². The molecule has 1 aliphatic rings. The van der Waals surface area contributed by atoms with Crippen LogP contribution in [0.3, 0.4) is 0 Å². The van der Waals surface area contributed by atoms with E-state index in [9.17, 15) is 4.79 Å². The number of nitrogens with zero attached hydrogens (tertiary/aromatic N) is 1. The molecule has 1 unspecified atom stereocenters. The van der Waals surface area contributed by atoms with Crippen molar-refractivity contribution in [2.24, 2.45) is 0 Å². The minimum atomic E-state index is -0.241. The Morgan fingerprint density at radius 2 is 1.52 bits per heavy atom. The fourth-order valence-electron chi connectivity index (χ4n) is 3.52. The largest absolute Gasteiger partial charge is 0.468 e. The van der Waals surface area contributed by atoms with Crippen LogP contribution in [0.5, 0.6) is 0 Å². The molecule has 0 bridgehead atoms. The standard InChI is InChI=1S/C20H21Cl2NO2/c1-25-20(24)18-4-2-3-13-23(18)19(14-5-9-16(21)10-6-14)15-7-11-17(22)12-8-15/h5-12,18-19H,2-4,13H2,1H3. The summed E-state index contributed by atoms with van der Waals surface area (Å²) in [6.07, 6.45) is 2.90. The van der Waals surface area contributed by atoms with Crippen molar-refractivity contribution in [1.82, 2.24) is 4.90 Å². The third-order valence-corrected chi connectivity index (χ3v) is 5.22. The summed E-state index contributed by atoms with van der Waals surface area (Å²) in [5.74, 6) is -0.173. The van der Waals surface area contributed by atoms with Crippen molar-refractivity contribution in [3.05, 3.63) is 69.7 Å². The summed E-state index contributed by atoms with van der Waals surface area (Å²) in [4.78, 5) is 14.6. The zero-order valence-corrected chi connectivity index (χ0v) is 15.6. The number of rotatable bonds is 4. The number of esters is 1. The molecule has 2 aromatic rings. The molecule has 0 amide bonds. The van der Waals surface area contributed by atoms with Gasteiger partial charge in [0.2, 0.25) is 0 Å². The number of hydrogen-bond donors (Lipinski definition) is 0. The summed E-state index contributed by atoms with van der Waals surface area (Å²) in [5, 5.41) is 1.39. The molecule has 132 valence electrons. The highest BCUT2D eigenvalue weighted by Gasteiger charge is 2.35. The fourth-order valence-corrected chi connectivity index (χ4v) is 3.77. The second kappa shape index (κ2) is 8.22. The Balaban J connectivity index is 2.04. The molecule has 0 saturated carbocycles. The van der Waals surface area contributed by atoms with Crippen LogP contribution in [0, 0.1) is 0 Å². The zero-order valence-electron chi connectivity index (χ0n) is 14.1. The van der Waals surface area contributed by atoms with E-state index in [1.807, 2.05) is 48.5 Å². The van der Waals surface area contributed by atoms with Crippen LogP contribution >= 0.6 is 23.2 Å². The van der Waals surface area contributed by atoms with Crippen LogP contribution in [-0.2, 0) is 9.53 Å². The quantitative estimate of drug-likeness (QED) is 0.693. The number of hydrogen-bond acceptors (Lipinski definition) is 3. The Hall–Kier alpha value is -1.55. The topological polar surface area (TPSA) is 29.5 Å². The van der Waals surface area contributed by atoms with Crippen molar-refractivity contribution in [3.8, 4) is 0 Å².